The number of carbonyl (C=O) groups excluding carboxylic acids is 1. The van der Waals surface area contributed by atoms with Crippen LogP contribution in [0.25, 0.3) is 5.73 Å². The van der Waals surface area contributed by atoms with E-state index in [1.54, 1.807) is 47.1 Å². The van der Waals surface area contributed by atoms with E-state index in [0.717, 1.165) is 0 Å². The van der Waals surface area contributed by atoms with Gasteiger partial charge >= 0.3 is 18.1 Å². The van der Waals surface area contributed by atoms with Gasteiger partial charge in [-0.05, 0) is 47.8 Å². The molecule has 160 valence electrons. The molecule has 1 amide bonds. The second-order valence-corrected chi connectivity index (χ2v) is 6.43. The zero-order valence-corrected chi connectivity index (χ0v) is 16.1. The molecule has 0 radical (unpaired) electrons. The Labute approximate surface area is 173 Å². The van der Waals surface area contributed by atoms with Crippen molar-refractivity contribution in [3.05, 3.63) is 76.7 Å². The van der Waals surface area contributed by atoms with Crippen LogP contribution < -0.4 is 16.8 Å². The largest absolute Gasteiger partial charge is 0.699 e. The number of aromatic carboxylic acids is 1. The van der Waals surface area contributed by atoms with Crippen LogP contribution in [-0.4, -0.2) is 23.2 Å². The highest BCUT2D eigenvalue weighted by Crippen LogP contribution is 2.18. The Morgan fingerprint density at radius 1 is 0.933 bits per heavy atom. The van der Waals surface area contributed by atoms with Gasteiger partial charge < -0.3 is 27.6 Å². The highest BCUT2D eigenvalue weighted by Gasteiger charge is 2.38. The number of nitrogens with two attached hydrogens (primary N) is 2. The average Bonchev–Trinajstić information content (AvgIpc) is 3.21. The number of hydrogen-bond donors (Lipinski definition) is 4. The van der Waals surface area contributed by atoms with Crippen molar-refractivity contribution in [3.63, 3.8) is 0 Å². The third-order valence-electron chi connectivity index (χ3n) is 3.07. The molecule has 0 aliphatic carbocycles. The van der Waals surface area contributed by atoms with E-state index in [4.69, 9.17) is 22.3 Å². The van der Waals surface area contributed by atoms with Gasteiger partial charge in [-0.25, -0.2) is 4.79 Å². The molecular formula is C19H18F3N4O3S-. The van der Waals surface area contributed by atoms with Crippen molar-refractivity contribution in [3.8, 4) is 0 Å². The molecule has 0 aliphatic heterocycles. The van der Waals surface area contributed by atoms with Gasteiger partial charge in [0.1, 0.15) is 4.88 Å². The van der Waals surface area contributed by atoms with Gasteiger partial charge in [0.05, 0.1) is 0 Å². The van der Waals surface area contributed by atoms with E-state index >= 15 is 0 Å². The van der Waals surface area contributed by atoms with Crippen LogP contribution >= 0.6 is 11.3 Å². The Morgan fingerprint density at radius 3 is 1.77 bits per heavy atom. The van der Waals surface area contributed by atoms with Crippen LogP contribution in [0, 0.1) is 0 Å². The lowest BCUT2D eigenvalue weighted by atomic mass is 10.3. The molecule has 0 fully saturated rings. The summed E-state index contributed by atoms with van der Waals surface area (Å²) in [6.45, 7) is 0. The molecule has 0 saturated carbocycles. The fourth-order valence-electron chi connectivity index (χ4n) is 1.65. The number of nitrogen functional groups attached to an aromatic ring is 2. The maximum absolute atomic E-state index is 11.8. The quantitative estimate of drug-likeness (QED) is 0.408. The fourth-order valence-corrected chi connectivity index (χ4v) is 2.21. The number of amides is 1. The maximum atomic E-state index is 11.8. The topological polar surface area (TPSA) is 142 Å². The predicted octanol–water partition coefficient (Wildman–Crippen LogP) is 5.17. The molecule has 1 heterocycles. The van der Waals surface area contributed by atoms with Gasteiger partial charge in [-0.15, -0.1) is 17.0 Å². The van der Waals surface area contributed by atoms with Gasteiger partial charge in [0, 0.05) is 17.1 Å². The summed E-state index contributed by atoms with van der Waals surface area (Å²) in [5.74, 6) is -2.85. The van der Waals surface area contributed by atoms with Crippen molar-refractivity contribution in [1.29, 1.82) is 0 Å². The predicted molar refractivity (Wildman–Crippen MR) is 112 cm³/mol. The Hall–Kier alpha value is -3.73. The lowest BCUT2D eigenvalue weighted by Gasteiger charge is -2.07. The molecule has 0 bridgehead atoms. The van der Waals surface area contributed by atoms with Gasteiger partial charge in [0.2, 0.25) is 0 Å². The number of alkyl halides is 3. The normalized spacial score (nSPS) is 9.97. The number of nitrogens with one attached hydrogen (secondary N) is 2. The summed E-state index contributed by atoms with van der Waals surface area (Å²) in [7, 11) is 0. The van der Waals surface area contributed by atoms with Crippen molar-refractivity contribution in [2.24, 2.45) is 0 Å². The van der Waals surface area contributed by atoms with Crippen LogP contribution in [0.5, 0.6) is 0 Å². The van der Waals surface area contributed by atoms with Crippen LogP contribution in [0.15, 0.2) is 66.0 Å². The lowest BCUT2D eigenvalue weighted by Crippen LogP contribution is -2.29. The van der Waals surface area contributed by atoms with Gasteiger partial charge in [-0.1, -0.05) is 18.2 Å². The first-order valence-electron chi connectivity index (χ1n) is 8.06. The number of benzene rings is 2. The smallest absolute Gasteiger partial charge is 0.471 e. The molecule has 0 spiro atoms. The summed E-state index contributed by atoms with van der Waals surface area (Å²) in [6.07, 6.45) is -4.87. The number of anilines is 3. The van der Waals surface area contributed by atoms with Crippen molar-refractivity contribution in [2.45, 2.75) is 6.18 Å². The molecule has 11 heteroatoms. The van der Waals surface area contributed by atoms with E-state index in [0.29, 0.717) is 21.9 Å². The number of carbonyl (C=O) groups is 2. The van der Waals surface area contributed by atoms with Crippen LogP contribution in [0.4, 0.5) is 35.9 Å². The van der Waals surface area contributed by atoms with Crippen molar-refractivity contribution < 1.29 is 27.9 Å². The monoisotopic (exact) mass is 439 g/mol. The SMILES string of the molecule is Nc1ccc(NC(=O)C(F)(F)F)cc1.O=C(O)c1cccs1.[NH-]c1ccc(N)cc1. The van der Waals surface area contributed by atoms with Crippen LogP contribution in [0.3, 0.4) is 0 Å². The number of carboxylic acid groups (broad SMARTS) is 1. The van der Waals surface area contributed by atoms with Crippen molar-refractivity contribution >= 4 is 46.0 Å². The minimum atomic E-state index is -4.87. The third kappa shape index (κ3) is 9.46. The summed E-state index contributed by atoms with van der Waals surface area (Å²) in [5, 5.41) is 11.7. The average molecular weight is 439 g/mol. The fraction of sp³-hybridized carbons (Fsp3) is 0.0526. The Kier molecular flexibility index (Phi) is 9.17. The second-order valence-electron chi connectivity index (χ2n) is 5.48. The highest BCUT2D eigenvalue weighted by molar-refractivity contribution is 7.11. The molecule has 3 rings (SSSR count). The molecule has 1 aromatic heterocycles. The number of carboxylic acids is 1. The van der Waals surface area contributed by atoms with Gasteiger partial charge in [0.15, 0.2) is 0 Å². The van der Waals surface area contributed by atoms with Crippen molar-refractivity contribution in [1.82, 2.24) is 0 Å². The molecule has 0 atom stereocenters. The summed E-state index contributed by atoms with van der Waals surface area (Å²) in [5.41, 5.74) is 19.4. The van der Waals surface area contributed by atoms with Crippen molar-refractivity contribution in [2.75, 3.05) is 16.8 Å². The molecule has 0 unspecified atom stereocenters. The molecule has 7 nitrogen and oxygen atoms in total. The first-order valence-corrected chi connectivity index (χ1v) is 8.94. The summed E-state index contributed by atoms with van der Waals surface area (Å²) in [6, 6.07) is 15.4. The van der Waals surface area contributed by atoms with Gasteiger partial charge in [-0.3, -0.25) is 4.79 Å². The van der Waals surface area contributed by atoms with Crippen LogP contribution in [-0.2, 0) is 4.79 Å². The van der Waals surface area contributed by atoms with E-state index in [1.165, 1.54) is 35.6 Å². The van der Waals surface area contributed by atoms with Crippen LogP contribution in [0.2, 0.25) is 0 Å². The van der Waals surface area contributed by atoms with E-state index in [9.17, 15) is 22.8 Å². The zero-order valence-electron chi connectivity index (χ0n) is 15.3. The van der Waals surface area contributed by atoms with Crippen LogP contribution in [0.1, 0.15) is 9.67 Å². The maximum Gasteiger partial charge on any atom is 0.471 e. The number of halogens is 3. The molecule has 2 aromatic carbocycles. The zero-order chi connectivity index (χ0) is 22.7. The third-order valence-corrected chi connectivity index (χ3v) is 3.93. The highest BCUT2D eigenvalue weighted by atomic mass is 32.1. The summed E-state index contributed by atoms with van der Waals surface area (Å²) < 4.78 is 35.3. The van der Waals surface area contributed by atoms with Gasteiger partial charge in [0.25, 0.3) is 0 Å². The Balaban J connectivity index is 0.000000240. The first kappa shape index (κ1) is 24.3. The minimum absolute atomic E-state index is 0.0570. The second kappa shape index (κ2) is 11.3. The van der Waals surface area contributed by atoms with E-state index in [-0.39, 0.29) is 5.69 Å². The molecule has 0 aliphatic rings. The van der Waals surface area contributed by atoms with E-state index in [2.05, 4.69) is 0 Å². The summed E-state index contributed by atoms with van der Waals surface area (Å²) in [4.78, 5) is 20.9. The molecule has 30 heavy (non-hydrogen) atoms. The Bertz CT molecular complexity index is 908. The van der Waals surface area contributed by atoms with E-state index < -0.39 is 18.1 Å². The minimum Gasteiger partial charge on any atom is -0.699 e. The number of thiophene rings is 1. The molecular weight excluding hydrogens is 421 g/mol. The molecule has 3 aromatic rings. The van der Waals surface area contributed by atoms with E-state index in [1.807, 2.05) is 0 Å². The molecule has 0 saturated heterocycles. The lowest BCUT2D eigenvalue weighted by molar-refractivity contribution is -0.167. The standard InChI is InChI=1S/C8H7F3N2O.C6H7N2.C5H4O2S/c9-8(10,11)7(14)13-6-3-1-5(12)2-4-6;7-5-1-2-6(8)4-3-5;6-5(7)4-2-1-3-8-4/h1-4H,12H2,(H,13,14);1-4,7H,8H2;1-3H,(H,6,7)/q;-1;. The number of rotatable bonds is 2. The Morgan fingerprint density at radius 2 is 1.43 bits per heavy atom. The first-order chi connectivity index (χ1) is 14.0. The number of hydrogen-bond acceptors (Lipinski definition) is 5. The molecule has 7 N–H and O–H groups in total. The summed E-state index contributed by atoms with van der Waals surface area (Å²) >= 11 is 1.23. The van der Waals surface area contributed by atoms with Gasteiger partial charge in [-0.2, -0.15) is 13.2 Å².